The zero-order valence-electron chi connectivity index (χ0n) is 6.95. The zero-order valence-corrected chi connectivity index (χ0v) is 6.95. The SMILES string of the molecule is CN/C=C/C(=O)c1ccccc1. The second-order valence-corrected chi connectivity index (χ2v) is 2.35. The number of allylic oxidation sites excluding steroid dienone is 1. The molecule has 0 fully saturated rings. The van der Waals surface area contributed by atoms with Gasteiger partial charge in [0.05, 0.1) is 0 Å². The summed E-state index contributed by atoms with van der Waals surface area (Å²) in [6.45, 7) is 0. The van der Waals surface area contributed by atoms with Crippen molar-refractivity contribution in [2.75, 3.05) is 7.05 Å². The van der Waals surface area contributed by atoms with Crippen molar-refractivity contribution < 1.29 is 4.79 Å². The molecule has 0 aliphatic carbocycles. The normalized spacial score (nSPS) is 10.1. The molecule has 2 heteroatoms. The fourth-order valence-corrected chi connectivity index (χ4v) is 0.858. The maximum absolute atomic E-state index is 11.3. The van der Waals surface area contributed by atoms with Crippen molar-refractivity contribution in [2.24, 2.45) is 0 Å². The number of hydrogen-bond acceptors (Lipinski definition) is 2. The van der Waals surface area contributed by atoms with Crippen LogP contribution in [0.2, 0.25) is 0 Å². The quantitative estimate of drug-likeness (QED) is 0.539. The van der Waals surface area contributed by atoms with E-state index in [1.165, 1.54) is 6.08 Å². The molecule has 0 atom stereocenters. The lowest BCUT2D eigenvalue weighted by molar-refractivity contribution is 0.104. The van der Waals surface area contributed by atoms with Gasteiger partial charge in [-0.05, 0) is 0 Å². The van der Waals surface area contributed by atoms with Gasteiger partial charge in [-0.15, -0.1) is 0 Å². The molecule has 0 unspecified atom stereocenters. The Morgan fingerprint density at radius 2 is 2.00 bits per heavy atom. The molecule has 0 aromatic heterocycles. The fourth-order valence-electron chi connectivity index (χ4n) is 0.858. The van der Waals surface area contributed by atoms with Crippen LogP contribution >= 0.6 is 0 Å². The van der Waals surface area contributed by atoms with Crippen LogP contribution in [0.1, 0.15) is 10.4 Å². The van der Waals surface area contributed by atoms with Gasteiger partial charge in [0.2, 0.25) is 0 Å². The lowest BCUT2D eigenvalue weighted by atomic mass is 10.1. The Balaban J connectivity index is 2.72. The molecule has 0 saturated carbocycles. The Kier molecular flexibility index (Phi) is 3.08. The number of carbonyl (C=O) groups excluding carboxylic acids is 1. The van der Waals surface area contributed by atoms with E-state index in [0.717, 1.165) is 0 Å². The Morgan fingerprint density at radius 3 is 2.58 bits per heavy atom. The van der Waals surface area contributed by atoms with E-state index in [2.05, 4.69) is 5.32 Å². The van der Waals surface area contributed by atoms with Crippen LogP contribution in [-0.2, 0) is 0 Å². The minimum Gasteiger partial charge on any atom is -0.394 e. The van der Waals surface area contributed by atoms with Crippen LogP contribution in [0.3, 0.4) is 0 Å². The Labute approximate surface area is 71.9 Å². The molecule has 0 heterocycles. The van der Waals surface area contributed by atoms with Gasteiger partial charge < -0.3 is 5.32 Å². The maximum atomic E-state index is 11.3. The van der Waals surface area contributed by atoms with Gasteiger partial charge in [-0.3, -0.25) is 4.79 Å². The molecule has 0 radical (unpaired) electrons. The molecule has 62 valence electrons. The molecule has 0 saturated heterocycles. The summed E-state index contributed by atoms with van der Waals surface area (Å²) in [5.74, 6) is 0.0185. The Morgan fingerprint density at radius 1 is 1.33 bits per heavy atom. The molecule has 1 N–H and O–H groups in total. The molecule has 0 aliphatic rings. The highest BCUT2D eigenvalue weighted by molar-refractivity contribution is 6.04. The number of nitrogens with one attached hydrogen (secondary N) is 1. The van der Waals surface area contributed by atoms with Crippen LogP contribution in [-0.4, -0.2) is 12.8 Å². The van der Waals surface area contributed by atoms with E-state index in [1.54, 1.807) is 25.4 Å². The average Bonchev–Trinajstić information content (AvgIpc) is 2.15. The first-order chi connectivity index (χ1) is 5.84. The molecule has 0 bridgehead atoms. The van der Waals surface area contributed by atoms with Crippen molar-refractivity contribution in [1.82, 2.24) is 5.32 Å². The predicted molar refractivity (Wildman–Crippen MR) is 49.0 cm³/mol. The van der Waals surface area contributed by atoms with Gasteiger partial charge in [-0.2, -0.15) is 0 Å². The predicted octanol–water partition coefficient (Wildman–Crippen LogP) is 1.60. The van der Waals surface area contributed by atoms with Gasteiger partial charge in [0, 0.05) is 24.9 Å². The van der Waals surface area contributed by atoms with Crippen molar-refractivity contribution in [3.63, 3.8) is 0 Å². The fraction of sp³-hybridized carbons (Fsp3) is 0.100. The molecule has 1 rings (SSSR count). The van der Waals surface area contributed by atoms with E-state index in [9.17, 15) is 4.79 Å². The summed E-state index contributed by atoms with van der Waals surface area (Å²) in [4.78, 5) is 11.3. The number of carbonyl (C=O) groups is 1. The maximum Gasteiger partial charge on any atom is 0.187 e. The minimum atomic E-state index is 0.0185. The summed E-state index contributed by atoms with van der Waals surface area (Å²) >= 11 is 0. The van der Waals surface area contributed by atoms with E-state index in [1.807, 2.05) is 18.2 Å². The van der Waals surface area contributed by atoms with Crippen LogP contribution in [0.15, 0.2) is 42.6 Å². The molecule has 1 aromatic rings. The molecule has 0 spiro atoms. The van der Waals surface area contributed by atoms with Crippen molar-refractivity contribution in [1.29, 1.82) is 0 Å². The smallest absolute Gasteiger partial charge is 0.187 e. The van der Waals surface area contributed by atoms with Gasteiger partial charge in [0.15, 0.2) is 5.78 Å². The highest BCUT2D eigenvalue weighted by atomic mass is 16.1. The van der Waals surface area contributed by atoms with E-state index in [-0.39, 0.29) is 5.78 Å². The van der Waals surface area contributed by atoms with Crippen molar-refractivity contribution >= 4 is 5.78 Å². The molecule has 12 heavy (non-hydrogen) atoms. The van der Waals surface area contributed by atoms with Crippen LogP contribution in [0.4, 0.5) is 0 Å². The first-order valence-corrected chi connectivity index (χ1v) is 3.78. The third-order valence-electron chi connectivity index (χ3n) is 1.46. The van der Waals surface area contributed by atoms with Crippen LogP contribution in [0, 0.1) is 0 Å². The third-order valence-corrected chi connectivity index (χ3v) is 1.46. The van der Waals surface area contributed by atoms with Crippen molar-refractivity contribution in [3.8, 4) is 0 Å². The lowest BCUT2D eigenvalue weighted by Gasteiger charge is -1.92. The summed E-state index contributed by atoms with van der Waals surface area (Å²) in [7, 11) is 1.76. The monoisotopic (exact) mass is 161 g/mol. The van der Waals surface area contributed by atoms with Crippen LogP contribution in [0.25, 0.3) is 0 Å². The third kappa shape index (κ3) is 2.23. The van der Waals surface area contributed by atoms with Gasteiger partial charge >= 0.3 is 0 Å². The second kappa shape index (κ2) is 4.34. The largest absolute Gasteiger partial charge is 0.394 e. The molecule has 2 nitrogen and oxygen atoms in total. The molecule has 1 aromatic carbocycles. The highest BCUT2D eigenvalue weighted by Gasteiger charge is 1.97. The van der Waals surface area contributed by atoms with Gasteiger partial charge in [-0.25, -0.2) is 0 Å². The average molecular weight is 161 g/mol. The summed E-state index contributed by atoms with van der Waals surface area (Å²) in [6.07, 6.45) is 3.13. The zero-order chi connectivity index (χ0) is 8.81. The second-order valence-electron chi connectivity index (χ2n) is 2.35. The summed E-state index contributed by atoms with van der Waals surface area (Å²) in [5.41, 5.74) is 0.712. The molecule has 0 amide bonds. The first-order valence-electron chi connectivity index (χ1n) is 3.78. The van der Waals surface area contributed by atoms with Crippen LogP contribution < -0.4 is 5.32 Å². The van der Waals surface area contributed by atoms with E-state index in [4.69, 9.17) is 0 Å². The molecule has 0 aliphatic heterocycles. The summed E-state index contributed by atoms with van der Waals surface area (Å²) in [5, 5.41) is 2.77. The summed E-state index contributed by atoms with van der Waals surface area (Å²) in [6, 6.07) is 9.17. The van der Waals surface area contributed by atoms with E-state index >= 15 is 0 Å². The van der Waals surface area contributed by atoms with Gasteiger partial charge in [0.25, 0.3) is 0 Å². The number of ketones is 1. The number of rotatable bonds is 3. The lowest BCUT2D eigenvalue weighted by Crippen LogP contribution is -1.97. The molecular weight excluding hydrogens is 150 g/mol. The van der Waals surface area contributed by atoms with Crippen LogP contribution in [0.5, 0.6) is 0 Å². The minimum absolute atomic E-state index is 0.0185. The Bertz CT molecular complexity index is 277. The first kappa shape index (κ1) is 8.53. The molecular formula is C10H11NO. The standard InChI is InChI=1S/C10H11NO/c1-11-8-7-10(12)9-5-3-2-4-6-9/h2-8,11H,1H3/b8-7+. The highest BCUT2D eigenvalue weighted by Crippen LogP contribution is 1.99. The number of benzene rings is 1. The van der Waals surface area contributed by atoms with E-state index in [0.29, 0.717) is 5.56 Å². The van der Waals surface area contributed by atoms with Crippen molar-refractivity contribution in [3.05, 3.63) is 48.2 Å². The van der Waals surface area contributed by atoms with Gasteiger partial charge in [0.1, 0.15) is 0 Å². The van der Waals surface area contributed by atoms with E-state index < -0.39 is 0 Å². The Hall–Kier alpha value is -1.57. The topological polar surface area (TPSA) is 29.1 Å². The van der Waals surface area contributed by atoms with Crippen molar-refractivity contribution in [2.45, 2.75) is 0 Å². The number of hydrogen-bond donors (Lipinski definition) is 1. The summed E-state index contributed by atoms with van der Waals surface area (Å²) < 4.78 is 0. The van der Waals surface area contributed by atoms with Gasteiger partial charge in [-0.1, -0.05) is 30.3 Å².